The summed E-state index contributed by atoms with van der Waals surface area (Å²) < 4.78 is 0. The van der Waals surface area contributed by atoms with Crippen LogP contribution < -0.4 is 0 Å². The molecule has 0 radical (unpaired) electrons. The fourth-order valence-corrected chi connectivity index (χ4v) is 1.43. The van der Waals surface area contributed by atoms with E-state index in [0.29, 0.717) is 18.7 Å². The van der Waals surface area contributed by atoms with Gasteiger partial charge in [0.15, 0.2) is 5.82 Å². The first-order valence-corrected chi connectivity index (χ1v) is 3.73. The molecule has 0 spiro atoms. The number of nitrogens with one attached hydrogen (secondary N) is 1. The van der Waals surface area contributed by atoms with E-state index in [1.165, 1.54) is 0 Å². The zero-order valence-corrected chi connectivity index (χ0v) is 6.32. The lowest BCUT2D eigenvalue weighted by atomic mass is 9.68. The largest absolute Gasteiger partial charge is 0.480 e. The Hall–Kier alpha value is -1.46. The zero-order chi connectivity index (χ0) is 8.60. The summed E-state index contributed by atoms with van der Waals surface area (Å²) >= 11 is 0. The van der Waals surface area contributed by atoms with Gasteiger partial charge in [-0.05, 0) is 12.8 Å². The maximum absolute atomic E-state index is 10.9. The van der Waals surface area contributed by atoms with Crippen molar-refractivity contribution in [3.8, 4) is 0 Å². The average Bonchev–Trinajstić information content (AvgIpc) is 2.35. The maximum atomic E-state index is 10.9. The molecule has 2 rings (SSSR count). The van der Waals surface area contributed by atoms with Gasteiger partial charge in [-0.1, -0.05) is 11.6 Å². The van der Waals surface area contributed by atoms with Crippen LogP contribution in [0.2, 0.25) is 0 Å². The van der Waals surface area contributed by atoms with Gasteiger partial charge >= 0.3 is 5.97 Å². The quantitative estimate of drug-likeness (QED) is 0.632. The van der Waals surface area contributed by atoms with Crippen LogP contribution in [-0.4, -0.2) is 31.7 Å². The molecule has 0 atom stereocenters. The number of aromatic amines is 1. The van der Waals surface area contributed by atoms with E-state index < -0.39 is 11.4 Å². The highest BCUT2D eigenvalue weighted by Gasteiger charge is 2.49. The summed E-state index contributed by atoms with van der Waals surface area (Å²) in [6.45, 7) is 0. The highest BCUT2D eigenvalue weighted by molar-refractivity contribution is 5.81. The number of aliphatic carboxylic acids is 1. The Morgan fingerprint density at radius 1 is 1.58 bits per heavy atom. The Morgan fingerprint density at radius 2 is 2.33 bits per heavy atom. The molecule has 1 aromatic rings. The van der Waals surface area contributed by atoms with Crippen LogP contribution in [0.5, 0.6) is 0 Å². The van der Waals surface area contributed by atoms with Gasteiger partial charge < -0.3 is 5.11 Å². The van der Waals surface area contributed by atoms with Crippen LogP contribution in [0.3, 0.4) is 0 Å². The van der Waals surface area contributed by atoms with Crippen molar-refractivity contribution in [3.63, 3.8) is 0 Å². The van der Waals surface area contributed by atoms with Crippen LogP contribution in [0.4, 0.5) is 0 Å². The van der Waals surface area contributed by atoms with Gasteiger partial charge in [0.25, 0.3) is 0 Å². The van der Waals surface area contributed by atoms with E-state index in [1.54, 1.807) is 0 Å². The molecule has 1 heterocycles. The highest BCUT2D eigenvalue weighted by atomic mass is 16.4. The Kier molecular flexibility index (Phi) is 1.36. The van der Waals surface area contributed by atoms with Gasteiger partial charge in [-0.15, -0.1) is 10.2 Å². The molecule has 64 valence electrons. The predicted octanol–water partition coefficient (Wildman–Crippen LogP) is -0.294. The molecule has 6 heteroatoms. The van der Waals surface area contributed by atoms with Gasteiger partial charge in [0.1, 0.15) is 5.41 Å². The van der Waals surface area contributed by atoms with Crippen LogP contribution >= 0.6 is 0 Å². The molecule has 1 aliphatic rings. The molecule has 1 aromatic heterocycles. The van der Waals surface area contributed by atoms with Gasteiger partial charge in [-0.25, -0.2) is 0 Å². The smallest absolute Gasteiger partial charge is 0.317 e. The molecule has 0 aliphatic heterocycles. The first-order chi connectivity index (χ1) is 5.76. The van der Waals surface area contributed by atoms with Crippen molar-refractivity contribution in [2.24, 2.45) is 0 Å². The summed E-state index contributed by atoms with van der Waals surface area (Å²) in [5, 5.41) is 22.0. The van der Waals surface area contributed by atoms with E-state index in [0.717, 1.165) is 6.42 Å². The zero-order valence-electron chi connectivity index (χ0n) is 6.32. The van der Waals surface area contributed by atoms with Crippen molar-refractivity contribution in [2.45, 2.75) is 24.7 Å². The van der Waals surface area contributed by atoms with Gasteiger partial charge in [0, 0.05) is 0 Å². The number of carboxylic acid groups (broad SMARTS) is 1. The average molecular weight is 168 g/mol. The standard InChI is InChI=1S/C6H8N4O2/c11-5(12)6(2-1-3-6)4-7-9-10-8-4/h1-3H2,(H,11,12)(H,7,8,9,10). The van der Waals surface area contributed by atoms with E-state index >= 15 is 0 Å². The third-order valence-corrected chi connectivity index (χ3v) is 2.39. The van der Waals surface area contributed by atoms with Crippen LogP contribution in [0, 0.1) is 0 Å². The SMILES string of the molecule is O=C(O)C1(c2nn[nH]n2)CCC1. The molecule has 0 amide bonds. The van der Waals surface area contributed by atoms with Gasteiger partial charge in [0.05, 0.1) is 0 Å². The summed E-state index contributed by atoms with van der Waals surface area (Å²) in [7, 11) is 0. The van der Waals surface area contributed by atoms with Crippen LogP contribution in [-0.2, 0) is 10.2 Å². The molecule has 1 saturated carbocycles. The second-order valence-electron chi connectivity index (χ2n) is 2.98. The summed E-state index contributed by atoms with van der Waals surface area (Å²) in [4.78, 5) is 10.9. The van der Waals surface area contributed by atoms with Gasteiger partial charge in [0.2, 0.25) is 0 Å². The summed E-state index contributed by atoms with van der Waals surface area (Å²) in [6, 6.07) is 0. The van der Waals surface area contributed by atoms with E-state index in [2.05, 4.69) is 20.6 Å². The number of aromatic nitrogens is 4. The lowest BCUT2D eigenvalue weighted by Crippen LogP contribution is -2.43. The van der Waals surface area contributed by atoms with Crippen LogP contribution in [0.15, 0.2) is 0 Å². The third-order valence-electron chi connectivity index (χ3n) is 2.39. The Morgan fingerprint density at radius 3 is 2.67 bits per heavy atom. The van der Waals surface area contributed by atoms with Gasteiger partial charge in [-0.3, -0.25) is 4.79 Å². The number of hydrogen-bond donors (Lipinski definition) is 2. The highest BCUT2D eigenvalue weighted by Crippen LogP contribution is 2.41. The minimum atomic E-state index is -0.854. The second kappa shape index (κ2) is 2.26. The summed E-state index contributed by atoms with van der Waals surface area (Å²) in [6.07, 6.45) is 2.14. The maximum Gasteiger partial charge on any atom is 0.317 e. The number of nitrogens with zero attached hydrogens (tertiary/aromatic N) is 3. The van der Waals surface area contributed by atoms with Crippen LogP contribution in [0.25, 0.3) is 0 Å². The van der Waals surface area contributed by atoms with E-state index in [9.17, 15) is 4.79 Å². The third kappa shape index (κ3) is 0.744. The molecule has 1 fully saturated rings. The van der Waals surface area contributed by atoms with Crippen molar-refractivity contribution in [2.75, 3.05) is 0 Å². The fourth-order valence-electron chi connectivity index (χ4n) is 1.43. The monoisotopic (exact) mass is 168 g/mol. The Labute approximate surface area is 68.0 Å². The number of tetrazole rings is 1. The Balaban J connectivity index is 2.35. The molecule has 0 unspecified atom stereocenters. The van der Waals surface area contributed by atoms with Crippen molar-refractivity contribution >= 4 is 5.97 Å². The fraction of sp³-hybridized carbons (Fsp3) is 0.667. The molecule has 2 N–H and O–H groups in total. The van der Waals surface area contributed by atoms with Gasteiger partial charge in [-0.2, -0.15) is 5.21 Å². The summed E-state index contributed by atoms with van der Waals surface area (Å²) in [5.74, 6) is -0.545. The number of H-pyrrole nitrogens is 1. The molecule has 6 nitrogen and oxygen atoms in total. The molecule has 12 heavy (non-hydrogen) atoms. The number of hydrogen-bond acceptors (Lipinski definition) is 4. The van der Waals surface area contributed by atoms with E-state index in [1.807, 2.05) is 0 Å². The topological polar surface area (TPSA) is 91.8 Å². The lowest BCUT2D eigenvalue weighted by molar-refractivity contribution is -0.147. The van der Waals surface area contributed by atoms with Crippen molar-refractivity contribution in [1.29, 1.82) is 0 Å². The summed E-state index contributed by atoms with van der Waals surface area (Å²) in [5.41, 5.74) is -0.854. The van der Waals surface area contributed by atoms with E-state index in [4.69, 9.17) is 5.11 Å². The molecule has 1 aliphatic carbocycles. The van der Waals surface area contributed by atoms with Crippen LogP contribution in [0.1, 0.15) is 25.1 Å². The molecular formula is C6H8N4O2. The molecule has 0 aromatic carbocycles. The lowest BCUT2D eigenvalue weighted by Gasteiger charge is -2.34. The minimum absolute atomic E-state index is 0.307. The first kappa shape index (κ1) is 7.20. The number of carboxylic acids is 1. The first-order valence-electron chi connectivity index (χ1n) is 3.73. The second-order valence-corrected chi connectivity index (χ2v) is 2.98. The van der Waals surface area contributed by atoms with Crippen molar-refractivity contribution in [3.05, 3.63) is 5.82 Å². The minimum Gasteiger partial charge on any atom is -0.480 e. The Bertz CT molecular complexity index is 291. The predicted molar refractivity (Wildman–Crippen MR) is 37.3 cm³/mol. The number of carbonyl (C=O) groups is 1. The molecule has 0 saturated heterocycles. The molecule has 0 bridgehead atoms. The van der Waals surface area contributed by atoms with E-state index in [-0.39, 0.29) is 0 Å². The normalized spacial score (nSPS) is 20.0. The number of rotatable bonds is 2. The van der Waals surface area contributed by atoms with Crippen molar-refractivity contribution < 1.29 is 9.90 Å². The van der Waals surface area contributed by atoms with Crippen molar-refractivity contribution in [1.82, 2.24) is 20.6 Å². The molecular weight excluding hydrogens is 160 g/mol.